The van der Waals surface area contributed by atoms with E-state index in [1.165, 1.54) is 4.90 Å². The molecule has 116 valence electrons. The van der Waals surface area contributed by atoms with Gasteiger partial charge in [0.05, 0.1) is 0 Å². The molecule has 0 radical (unpaired) electrons. The van der Waals surface area contributed by atoms with Crippen LogP contribution in [0.5, 0.6) is 0 Å². The van der Waals surface area contributed by atoms with E-state index in [-0.39, 0.29) is 13.2 Å². The van der Waals surface area contributed by atoms with E-state index in [0.717, 1.165) is 5.56 Å². The van der Waals surface area contributed by atoms with Crippen LogP contribution in [-0.2, 0) is 16.1 Å². The van der Waals surface area contributed by atoms with Gasteiger partial charge < -0.3 is 9.84 Å². The quantitative estimate of drug-likeness (QED) is 0.905. The Bertz CT molecular complexity index is 479. The SMILES string of the molecule is CCN(C(=O)OCc1ccccc1)C(C(=O)O)C(C)(C)C. The highest BCUT2D eigenvalue weighted by molar-refractivity contribution is 5.80. The second-order valence-corrected chi connectivity index (χ2v) is 5.93. The molecular weight excluding hydrogens is 270 g/mol. The molecule has 1 unspecified atom stereocenters. The number of likely N-dealkylation sites (N-methyl/N-ethyl adjacent to an activating group) is 1. The molecule has 5 heteroatoms. The number of ether oxygens (including phenoxy) is 1. The van der Waals surface area contributed by atoms with Crippen molar-refractivity contribution in [2.45, 2.75) is 40.3 Å². The van der Waals surface area contributed by atoms with Crippen molar-refractivity contribution < 1.29 is 19.4 Å². The zero-order valence-corrected chi connectivity index (χ0v) is 13.0. The molecule has 1 aromatic carbocycles. The third-order valence-corrected chi connectivity index (χ3v) is 3.15. The van der Waals surface area contributed by atoms with Crippen LogP contribution < -0.4 is 0 Å². The van der Waals surface area contributed by atoms with Crippen LogP contribution in [-0.4, -0.2) is 34.7 Å². The first-order valence-electron chi connectivity index (χ1n) is 6.97. The van der Waals surface area contributed by atoms with E-state index in [1.54, 1.807) is 27.7 Å². The lowest BCUT2D eigenvalue weighted by Crippen LogP contribution is -2.52. The summed E-state index contributed by atoms with van der Waals surface area (Å²) in [5, 5.41) is 9.40. The molecule has 0 spiro atoms. The molecule has 0 heterocycles. The van der Waals surface area contributed by atoms with Gasteiger partial charge in [0.1, 0.15) is 12.6 Å². The van der Waals surface area contributed by atoms with E-state index in [2.05, 4.69) is 0 Å². The maximum atomic E-state index is 12.2. The predicted molar refractivity (Wildman–Crippen MR) is 79.9 cm³/mol. The number of hydrogen-bond acceptors (Lipinski definition) is 3. The number of carboxylic acids is 1. The molecule has 0 bridgehead atoms. The van der Waals surface area contributed by atoms with Crippen molar-refractivity contribution in [3.05, 3.63) is 35.9 Å². The summed E-state index contributed by atoms with van der Waals surface area (Å²) in [7, 11) is 0. The first-order chi connectivity index (χ1) is 9.77. The molecule has 0 aliphatic carbocycles. The maximum absolute atomic E-state index is 12.2. The summed E-state index contributed by atoms with van der Waals surface area (Å²) in [6.45, 7) is 7.52. The maximum Gasteiger partial charge on any atom is 0.410 e. The normalized spacial score (nSPS) is 12.6. The monoisotopic (exact) mass is 293 g/mol. The summed E-state index contributed by atoms with van der Waals surface area (Å²) in [6, 6.07) is 8.37. The molecule has 0 aliphatic rings. The Labute approximate surface area is 125 Å². The first kappa shape index (κ1) is 17.0. The molecule has 0 aromatic heterocycles. The van der Waals surface area contributed by atoms with Crippen LogP contribution in [0.1, 0.15) is 33.3 Å². The van der Waals surface area contributed by atoms with E-state index in [0.29, 0.717) is 0 Å². The van der Waals surface area contributed by atoms with Crippen molar-refractivity contribution in [2.24, 2.45) is 5.41 Å². The highest BCUT2D eigenvalue weighted by Crippen LogP contribution is 2.25. The summed E-state index contributed by atoms with van der Waals surface area (Å²) in [5.41, 5.74) is 0.290. The van der Waals surface area contributed by atoms with Gasteiger partial charge in [-0.2, -0.15) is 0 Å². The average molecular weight is 293 g/mol. The lowest BCUT2D eigenvalue weighted by Gasteiger charge is -2.35. The molecule has 0 saturated carbocycles. The van der Waals surface area contributed by atoms with Crippen molar-refractivity contribution in [1.29, 1.82) is 0 Å². The Balaban J connectivity index is 2.78. The van der Waals surface area contributed by atoms with Crippen molar-refractivity contribution >= 4 is 12.1 Å². The van der Waals surface area contributed by atoms with Crippen LogP contribution >= 0.6 is 0 Å². The number of nitrogens with zero attached hydrogens (tertiary/aromatic N) is 1. The van der Waals surface area contributed by atoms with Crippen LogP contribution in [0, 0.1) is 5.41 Å². The number of amides is 1. The smallest absolute Gasteiger partial charge is 0.410 e. The highest BCUT2D eigenvalue weighted by Gasteiger charge is 2.39. The zero-order valence-electron chi connectivity index (χ0n) is 13.0. The summed E-state index contributed by atoms with van der Waals surface area (Å²) < 4.78 is 5.23. The lowest BCUT2D eigenvalue weighted by atomic mass is 9.86. The molecule has 1 rings (SSSR count). The van der Waals surface area contributed by atoms with Crippen LogP contribution in [0.25, 0.3) is 0 Å². The zero-order chi connectivity index (χ0) is 16.0. The summed E-state index contributed by atoms with van der Waals surface area (Å²) in [5.74, 6) is -1.03. The summed E-state index contributed by atoms with van der Waals surface area (Å²) in [4.78, 5) is 24.9. The van der Waals surface area contributed by atoms with Crippen molar-refractivity contribution in [1.82, 2.24) is 4.90 Å². The van der Waals surface area contributed by atoms with Crippen molar-refractivity contribution in [3.63, 3.8) is 0 Å². The summed E-state index contributed by atoms with van der Waals surface area (Å²) >= 11 is 0. The number of benzene rings is 1. The van der Waals surface area contributed by atoms with E-state index in [1.807, 2.05) is 30.3 Å². The Morgan fingerprint density at radius 2 is 1.81 bits per heavy atom. The first-order valence-corrected chi connectivity index (χ1v) is 6.97. The largest absolute Gasteiger partial charge is 0.480 e. The van der Waals surface area contributed by atoms with E-state index >= 15 is 0 Å². The molecule has 1 N–H and O–H groups in total. The molecule has 5 nitrogen and oxygen atoms in total. The van der Waals surface area contributed by atoms with Crippen molar-refractivity contribution in [2.75, 3.05) is 6.54 Å². The lowest BCUT2D eigenvalue weighted by molar-refractivity contribution is -0.146. The van der Waals surface area contributed by atoms with Gasteiger partial charge in [-0.3, -0.25) is 4.90 Å². The fraction of sp³-hybridized carbons (Fsp3) is 0.500. The Hall–Kier alpha value is -2.04. The molecular formula is C16H23NO4. The van der Waals surface area contributed by atoms with Crippen molar-refractivity contribution in [3.8, 4) is 0 Å². The minimum absolute atomic E-state index is 0.132. The number of carbonyl (C=O) groups is 2. The predicted octanol–water partition coefficient (Wildman–Crippen LogP) is 3.14. The Morgan fingerprint density at radius 1 is 1.24 bits per heavy atom. The molecule has 21 heavy (non-hydrogen) atoms. The topological polar surface area (TPSA) is 66.8 Å². The van der Waals surface area contributed by atoms with Gasteiger partial charge in [0.25, 0.3) is 0 Å². The van der Waals surface area contributed by atoms with E-state index in [4.69, 9.17) is 4.74 Å². The van der Waals surface area contributed by atoms with Gasteiger partial charge in [-0.15, -0.1) is 0 Å². The second-order valence-electron chi connectivity index (χ2n) is 5.93. The highest BCUT2D eigenvalue weighted by atomic mass is 16.6. The fourth-order valence-electron chi connectivity index (χ4n) is 2.19. The van der Waals surface area contributed by atoms with Crippen LogP contribution in [0.3, 0.4) is 0 Å². The minimum Gasteiger partial charge on any atom is -0.480 e. The van der Waals surface area contributed by atoms with Gasteiger partial charge in [0.2, 0.25) is 0 Å². The molecule has 0 aliphatic heterocycles. The molecule has 1 amide bonds. The van der Waals surface area contributed by atoms with Gasteiger partial charge in [-0.05, 0) is 17.9 Å². The second kappa shape index (κ2) is 7.11. The molecule has 1 atom stereocenters. The standard InChI is InChI=1S/C16H23NO4/c1-5-17(13(14(18)19)16(2,3)4)15(20)21-11-12-9-7-6-8-10-12/h6-10,13H,5,11H2,1-4H3,(H,18,19). The van der Waals surface area contributed by atoms with Crippen LogP contribution in [0.15, 0.2) is 30.3 Å². The van der Waals surface area contributed by atoms with Gasteiger partial charge in [0, 0.05) is 6.54 Å². The fourth-order valence-corrected chi connectivity index (χ4v) is 2.19. The summed E-state index contributed by atoms with van der Waals surface area (Å²) in [6.07, 6.45) is -0.608. The molecule has 0 saturated heterocycles. The van der Waals surface area contributed by atoms with Gasteiger partial charge in [-0.1, -0.05) is 51.1 Å². The minimum atomic E-state index is -1.03. The van der Waals surface area contributed by atoms with Gasteiger partial charge in [0.15, 0.2) is 0 Å². The number of rotatable bonds is 5. The number of hydrogen-bond donors (Lipinski definition) is 1. The van der Waals surface area contributed by atoms with E-state index < -0.39 is 23.5 Å². The Kier molecular flexibility index (Phi) is 5.76. The van der Waals surface area contributed by atoms with Crippen LogP contribution in [0.4, 0.5) is 4.79 Å². The average Bonchev–Trinajstić information content (AvgIpc) is 2.41. The number of carbonyl (C=O) groups excluding carboxylic acids is 1. The Morgan fingerprint density at radius 3 is 2.24 bits per heavy atom. The number of carboxylic acid groups (broad SMARTS) is 1. The molecule has 1 aromatic rings. The van der Waals surface area contributed by atoms with E-state index in [9.17, 15) is 14.7 Å². The number of aliphatic carboxylic acids is 1. The van der Waals surface area contributed by atoms with Gasteiger partial charge in [-0.25, -0.2) is 9.59 Å². The molecule has 0 fully saturated rings. The third kappa shape index (κ3) is 4.77. The van der Waals surface area contributed by atoms with Crippen LogP contribution in [0.2, 0.25) is 0 Å². The van der Waals surface area contributed by atoms with Gasteiger partial charge >= 0.3 is 12.1 Å². The third-order valence-electron chi connectivity index (χ3n) is 3.15.